The molecule has 0 rings (SSSR count). The third-order valence-corrected chi connectivity index (χ3v) is 2.02. The molecule has 0 fully saturated rings. The van der Waals surface area contributed by atoms with Gasteiger partial charge in [0.15, 0.2) is 0 Å². The minimum atomic E-state index is 0.342. The van der Waals surface area contributed by atoms with Gasteiger partial charge in [0.25, 0.3) is 0 Å². The second-order valence-electron chi connectivity index (χ2n) is 4.55. The van der Waals surface area contributed by atoms with E-state index in [1.54, 1.807) is 0 Å². The van der Waals surface area contributed by atoms with Crippen LogP contribution in [0, 0.1) is 11.3 Å². The fourth-order valence-corrected chi connectivity index (χ4v) is 1.50. The number of rotatable bonds is 4. The van der Waals surface area contributed by atoms with Crippen LogP contribution in [0.1, 0.15) is 47.0 Å². The lowest BCUT2D eigenvalue weighted by Crippen LogP contribution is -2.13. The first kappa shape index (κ1) is 11.0. The fraction of sp³-hybridized carbons (Fsp3) is 1.00. The van der Waals surface area contributed by atoms with Gasteiger partial charge in [-0.2, -0.15) is 0 Å². The number of hydrogen-bond acceptors (Lipinski definition) is 1. The molecule has 0 aliphatic carbocycles. The molecule has 0 unspecified atom stereocenters. The summed E-state index contributed by atoms with van der Waals surface area (Å²) in [4.78, 5) is 0. The van der Waals surface area contributed by atoms with E-state index < -0.39 is 0 Å². The average molecular weight is 158 g/mol. The summed E-state index contributed by atoms with van der Waals surface area (Å²) in [6.45, 7) is 9.31. The minimum absolute atomic E-state index is 0.342. The molecule has 0 spiro atoms. The van der Waals surface area contributed by atoms with Crippen LogP contribution in [-0.4, -0.2) is 11.7 Å². The molecule has 0 heterocycles. The third-order valence-electron chi connectivity index (χ3n) is 2.02. The molecule has 0 aromatic carbocycles. The van der Waals surface area contributed by atoms with Crippen molar-refractivity contribution in [2.45, 2.75) is 47.0 Å². The zero-order valence-corrected chi connectivity index (χ0v) is 8.35. The second-order valence-corrected chi connectivity index (χ2v) is 4.55. The predicted octanol–water partition coefficient (Wildman–Crippen LogP) is 2.83. The van der Waals surface area contributed by atoms with Crippen molar-refractivity contribution in [1.29, 1.82) is 0 Å². The summed E-state index contributed by atoms with van der Waals surface area (Å²) < 4.78 is 0. The highest BCUT2D eigenvalue weighted by Gasteiger charge is 2.16. The molecule has 0 aromatic rings. The van der Waals surface area contributed by atoms with Crippen LogP contribution in [0.2, 0.25) is 0 Å². The van der Waals surface area contributed by atoms with E-state index in [0.717, 1.165) is 6.42 Å². The van der Waals surface area contributed by atoms with E-state index in [0.29, 0.717) is 17.9 Å². The summed E-state index contributed by atoms with van der Waals surface area (Å²) in [6.07, 6.45) is 3.38. The van der Waals surface area contributed by atoms with Crippen molar-refractivity contribution >= 4 is 0 Å². The van der Waals surface area contributed by atoms with Gasteiger partial charge in [0.05, 0.1) is 0 Å². The van der Waals surface area contributed by atoms with Crippen LogP contribution in [0.3, 0.4) is 0 Å². The first-order valence-electron chi connectivity index (χ1n) is 4.60. The predicted molar refractivity (Wildman–Crippen MR) is 49.6 cm³/mol. The van der Waals surface area contributed by atoms with Gasteiger partial charge in [-0.25, -0.2) is 0 Å². The Hall–Kier alpha value is -0.0400. The highest BCUT2D eigenvalue weighted by molar-refractivity contribution is 4.67. The lowest BCUT2D eigenvalue weighted by Gasteiger charge is -2.24. The molecule has 0 aliphatic rings. The van der Waals surface area contributed by atoms with Gasteiger partial charge in [-0.05, 0) is 24.2 Å². The molecular weight excluding hydrogens is 136 g/mol. The summed E-state index contributed by atoms with van der Waals surface area (Å²) in [7, 11) is 0. The van der Waals surface area contributed by atoms with Crippen LogP contribution in [0.25, 0.3) is 0 Å². The van der Waals surface area contributed by atoms with Crippen molar-refractivity contribution in [2.24, 2.45) is 11.3 Å². The number of aliphatic hydroxyl groups is 1. The maximum absolute atomic E-state index is 8.76. The Morgan fingerprint density at radius 1 is 1.27 bits per heavy atom. The molecule has 1 nitrogen and oxygen atoms in total. The zero-order valence-electron chi connectivity index (χ0n) is 8.35. The van der Waals surface area contributed by atoms with Crippen LogP contribution < -0.4 is 0 Å². The fourth-order valence-electron chi connectivity index (χ4n) is 1.50. The molecule has 11 heavy (non-hydrogen) atoms. The summed E-state index contributed by atoms with van der Waals surface area (Å²) >= 11 is 0. The van der Waals surface area contributed by atoms with E-state index in [2.05, 4.69) is 27.7 Å². The van der Waals surface area contributed by atoms with E-state index in [4.69, 9.17) is 5.11 Å². The lowest BCUT2D eigenvalue weighted by molar-refractivity contribution is 0.214. The Kier molecular flexibility index (Phi) is 4.74. The Balaban J connectivity index is 3.68. The van der Waals surface area contributed by atoms with Gasteiger partial charge in [0, 0.05) is 6.61 Å². The van der Waals surface area contributed by atoms with Crippen molar-refractivity contribution in [3.8, 4) is 0 Å². The standard InChI is InChI=1S/C10H22O/c1-5-9(6-7-11)8-10(2,3)4/h9,11H,5-8H2,1-4H3/t9-/m0/s1. The maximum atomic E-state index is 8.76. The summed E-state index contributed by atoms with van der Waals surface area (Å²) in [5.41, 5.74) is 0.413. The molecule has 68 valence electrons. The molecule has 0 amide bonds. The largest absolute Gasteiger partial charge is 0.396 e. The summed E-state index contributed by atoms with van der Waals surface area (Å²) in [6, 6.07) is 0. The van der Waals surface area contributed by atoms with Crippen LogP contribution in [-0.2, 0) is 0 Å². The minimum Gasteiger partial charge on any atom is -0.396 e. The van der Waals surface area contributed by atoms with Crippen LogP contribution in [0.15, 0.2) is 0 Å². The van der Waals surface area contributed by atoms with Crippen LogP contribution in [0.5, 0.6) is 0 Å². The van der Waals surface area contributed by atoms with Gasteiger partial charge < -0.3 is 5.11 Å². The van der Waals surface area contributed by atoms with Gasteiger partial charge in [-0.1, -0.05) is 34.1 Å². The van der Waals surface area contributed by atoms with Gasteiger partial charge in [-0.3, -0.25) is 0 Å². The highest BCUT2D eigenvalue weighted by Crippen LogP contribution is 2.27. The van der Waals surface area contributed by atoms with Crippen molar-refractivity contribution in [1.82, 2.24) is 0 Å². The topological polar surface area (TPSA) is 20.2 Å². The van der Waals surface area contributed by atoms with Crippen LogP contribution >= 0.6 is 0 Å². The van der Waals surface area contributed by atoms with Crippen molar-refractivity contribution in [2.75, 3.05) is 6.61 Å². The molecular formula is C10H22O. The second kappa shape index (κ2) is 4.76. The van der Waals surface area contributed by atoms with Gasteiger partial charge in [0.1, 0.15) is 0 Å². The third kappa shape index (κ3) is 6.36. The molecule has 0 aliphatic heterocycles. The van der Waals surface area contributed by atoms with E-state index in [9.17, 15) is 0 Å². The molecule has 1 heteroatoms. The van der Waals surface area contributed by atoms with Crippen molar-refractivity contribution in [3.63, 3.8) is 0 Å². The van der Waals surface area contributed by atoms with Gasteiger partial charge >= 0.3 is 0 Å². The molecule has 0 saturated carbocycles. The van der Waals surface area contributed by atoms with E-state index in [1.807, 2.05) is 0 Å². The Labute approximate surface area is 70.8 Å². The summed E-state index contributed by atoms with van der Waals surface area (Å²) in [5.74, 6) is 0.708. The maximum Gasteiger partial charge on any atom is 0.0433 e. The Morgan fingerprint density at radius 2 is 1.82 bits per heavy atom. The van der Waals surface area contributed by atoms with Crippen molar-refractivity contribution < 1.29 is 5.11 Å². The molecule has 1 atom stereocenters. The molecule has 0 aromatic heterocycles. The molecule has 1 N–H and O–H groups in total. The number of hydrogen-bond donors (Lipinski definition) is 1. The molecule has 0 saturated heterocycles. The zero-order chi connectivity index (χ0) is 8.91. The molecule has 0 radical (unpaired) electrons. The first-order chi connectivity index (χ1) is 4.99. The normalized spacial score (nSPS) is 15.0. The molecule has 0 bridgehead atoms. The van der Waals surface area contributed by atoms with Gasteiger partial charge in [0.2, 0.25) is 0 Å². The van der Waals surface area contributed by atoms with Gasteiger partial charge in [-0.15, -0.1) is 0 Å². The Bertz CT molecular complexity index is 91.5. The monoisotopic (exact) mass is 158 g/mol. The smallest absolute Gasteiger partial charge is 0.0433 e. The lowest BCUT2D eigenvalue weighted by atomic mass is 9.82. The highest BCUT2D eigenvalue weighted by atomic mass is 16.3. The Morgan fingerprint density at radius 3 is 2.09 bits per heavy atom. The van der Waals surface area contributed by atoms with E-state index in [-0.39, 0.29) is 0 Å². The SMILES string of the molecule is CC[C@@H](CCO)CC(C)(C)C. The number of aliphatic hydroxyl groups excluding tert-OH is 1. The van der Waals surface area contributed by atoms with E-state index in [1.165, 1.54) is 12.8 Å². The summed E-state index contributed by atoms with van der Waals surface area (Å²) in [5, 5.41) is 8.76. The van der Waals surface area contributed by atoms with Crippen molar-refractivity contribution in [3.05, 3.63) is 0 Å². The average Bonchev–Trinajstić information content (AvgIpc) is 1.84. The quantitative estimate of drug-likeness (QED) is 0.667. The van der Waals surface area contributed by atoms with E-state index >= 15 is 0 Å². The first-order valence-corrected chi connectivity index (χ1v) is 4.60. The van der Waals surface area contributed by atoms with Crippen LogP contribution in [0.4, 0.5) is 0 Å².